The van der Waals surface area contributed by atoms with E-state index in [2.05, 4.69) is 5.32 Å². The Morgan fingerprint density at radius 1 is 1.04 bits per heavy atom. The molecule has 1 fully saturated rings. The average Bonchev–Trinajstić information content (AvgIpc) is 3.12. The fraction of sp³-hybridized carbons (Fsp3) is 0.333. The third kappa shape index (κ3) is 4.29. The van der Waals surface area contributed by atoms with Gasteiger partial charge in [-0.05, 0) is 30.4 Å². The summed E-state index contributed by atoms with van der Waals surface area (Å²) >= 11 is 0. The minimum absolute atomic E-state index is 0.180. The molecule has 3 rings (SSSR count). The van der Waals surface area contributed by atoms with Gasteiger partial charge in [0.1, 0.15) is 5.60 Å². The molecule has 3 N–H and O–H groups in total. The Morgan fingerprint density at radius 3 is 2.23 bits per heavy atom. The molecule has 5 nitrogen and oxygen atoms in total. The zero-order chi connectivity index (χ0) is 18.4. The van der Waals surface area contributed by atoms with Crippen molar-refractivity contribution in [2.45, 2.75) is 38.0 Å². The molecule has 0 aliphatic heterocycles. The molecule has 2 atom stereocenters. The summed E-state index contributed by atoms with van der Waals surface area (Å²) in [6.07, 6.45) is 1.40. The quantitative estimate of drug-likeness (QED) is 0.803. The minimum atomic E-state index is -1.01. The van der Waals surface area contributed by atoms with Crippen molar-refractivity contribution >= 4 is 11.8 Å². The summed E-state index contributed by atoms with van der Waals surface area (Å²) in [6, 6.07) is 19.4. The zero-order valence-electron chi connectivity index (χ0n) is 14.7. The van der Waals surface area contributed by atoms with Crippen LogP contribution in [0.5, 0.6) is 0 Å². The van der Waals surface area contributed by atoms with Gasteiger partial charge in [-0.25, -0.2) is 0 Å². The highest BCUT2D eigenvalue weighted by Crippen LogP contribution is 2.38. The summed E-state index contributed by atoms with van der Waals surface area (Å²) in [5, 5.41) is 2.96. The number of amides is 2. The summed E-state index contributed by atoms with van der Waals surface area (Å²) in [5.74, 6) is -0.875. The van der Waals surface area contributed by atoms with Crippen LogP contribution < -0.4 is 11.1 Å². The Kier molecular flexibility index (Phi) is 5.68. The monoisotopic (exact) mass is 352 g/mol. The van der Waals surface area contributed by atoms with Crippen LogP contribution in [0.1, 0.15) is 30.4 Å². The van der Waals surface area contributed by atoms with Gasteiger partial charge in [0.2, 0.25) is 5.91 Å². The van der Waals surface area contributed by atoms with Crippen LogP contribution in [0.25, 0.3) is 0 Å². The molecule has 2 amide bonds. The van der Waals surface area contributed by atoms with Gasteiger partial charge in [-0.1, -0.05) is 60.7 Å². The first-order chi connectivity index (χ1) is 12.6. The molecule has 0 saturated heterocycles. The van der Waals surface area contributed by atoms with Gasteiger partial charge in [-0.3, -0.25) is 9.59 Å². The number of ether oxygens (including phenoxy) is 1. The molecule has 2 unspecified atom stereocenters. The molecule has 0 heterocycles. The lowest BCUT2D eigenvalue weighted by molar-refractivity contribution is -0.149. The van der Waals surface area contributed by atoms with Gasteiger partial charge in [0.25, 0.3) is 5.91 Å². The van der Waals surface area contributed by atoms with Crippen molar-refractivity contribution in [2.75, 3.05) is 0 Å². The fourth-order valence-corrected chi connectivity index (χ4v) is 3.39. The number of benzene rings is 2. The van der Waals surface area contributed by atoms with Gasteiger partial charge in [0.05, 0.1) is 6.61 Å². The van der Waals surface area contributed by atoms with Crippen molar-refractivity contribution in [3.63, 3.8) is 0 Å². The topological polar surface area (TPSA) is 81.4 Å². The molecule has 2 aromatic carbocycles. The predicted molar refractivity (Wildman–Crippen MR) is 98.8 cm³/mol. The van der Waals surface area contributed by atoms with Crippen LogP contribution in [0.2, 0.25) is 0 Å². The van der Waals surface area contributed by atoms with Gasteiger partial charge in [0.15, 0.2) is 0 Å². The van der Waals surface area contributed by atoms with Crippen LogP contribution in [0, 0.1) is 5.92 Å². The molecular formula is C21H24N2O3. The van der Waals surface area contributed by atoms with Gasteiger partial charge in [0, 0.05) is 12.5 Å². The van der Waals surface area contributed by atoms with Crippen LogP contribution in [0.4, 0.5) is 0 Å². The van der Waals surface area contributed by atoms with Crippen LogP contribution >= 0.6 is 0 Å². The standard InChI is InChI=1S/C21H24N2O3/c22-19(24)18-11-12-21(13-18,26-15-17-9-5-2-6-10-17)20(25)23-14-16-7-3-1-4-8-16/h1-10,18H,11-15H2,(H2,22,24)(H,23,25). The average molecular weight is 352 g/mol. The van der Waals surface area contributed by atoms with E-state index in [4.69, 9.17) is 10.5 Å². The summed E-state index contributed by atoms with van der Waals surface area (Å²) in [6.45, 7) is 0.752. The highest BCUT2D eigenvalue weighted by molar-refractivity contribution is 5.87. The first kappa shape index (κ1) is 18.1. The number of hydrogen-bond donors (Lipinski definition) is 2. The lowest BCUT2D eigenvalue weighted by Gasteiger charge is -2.28. The molecule has 0 bridgehead atoms. The van der Waals surface area contributed by atoms with E-state index in [0.717, 1.165) is 11.1 Å². The van der Waals surface area contributed by atoms with Crippen molar-refractivity contribution in [2.24, 2.45) is 11.7 Å². The fourth-order valence-electron chi connectivity index (χ4n) is 3.39. The van der Waals surface area contributed by atoms with E-state index in [9.17, 15) is 9.59 Å². The van der Waals surface area contributed by atoms with Crippen molar-refractivity contribution in [3.8, 4) is 0 Å². The SMILES string of the molecule is NC(=O)C1CCC(OCc2ccccc2)(C(=O)NCc2ccccc2)C1. The maximum Gasteiger partial charge on any atom is 0.252 e. The molecule has 1 aliphatic rings. The molecular weight excluding hydrogens is 328 g/mol. The lowest BCUT2D eigenvalue weighted by atomic mass is 9.98. The third-order valence-electron chi connectivity index (χ3n) is 4.94. The number of primary amides is 1. The van der Waals surface area contributed by atoms with Crippen LogP contribution in [-0.4, -0.2) is 17.4 Å². The highest BCUT2D eigenvalue weighted by Gasteiger charge is 2.48. The number of carbonyl (C=O) groups excluding carboxylic acids is 2. The zero-order valence-corrected chi connectivity index (χ0v) is 14.7. The first-order valence-electron chi connectivity index (χ1n) is 8.88. The number of carbonyl (C=O) groups is 2. The van der Waals surface area contributed by atoms with Crippen molar-refractivity contribution < 1.29 is 14.3 Å². The van der Waals surface area contributed by atoms with Crippen LogP contribution in [0.15, 0.2) is 60.7 Å². The number of rotatable bonds is 7. The second-order valence-electron chi connectivity index (χ2n) is 6.78. The Balaban J connectivity index is 1.70. The Hall–Kier alpha value is -2.66. The Morgan fingerprint density at radius 2 is 1.65 bits per heavy atom. The van der Waals surface area contributed by atoms with Crippen molar-refractivity contribution in [1.82, 2.24) is 5.32 Å². The van der Waals surface area contributed by atoms with E-state index in [1.807, 2.05) is 60.7 Å². The minimum Gasteiger partial charge on any atom is -0.369 e. The first-order valence-corrected chi connectivity index (χ1v) is 8.88. The third-order valence-corrected chi connectivity index (χ3v) is 4.94. The summed E-state index contributed by atoms with van der Waals surface area (Å²) in [4.78, 5) is 24.5. The van der Waals surface area contributed by atoms with E-state index < -0.39 is 5.60 Å². The molecule has 1 aliphatic carbocycles. The highest BCUT2D eigenvalue weighted by atomic mass is 16.5. The van der Waals surface area contributed by atoms with Crippen LogP contribution in [0.3, 0.4) is 0 Å². The summed E-state index contributed by atoms with van der Waals surface area (Å²) in [7, 11) is 0. The second kappa shape index (κ2) is 8.15. The molecule has 5 heteroatoms. The largest absolute Gasteiger partial charge is 0.369 e. The van der Waals surface area contributed by atoms with Gasteiger partial charge >= 0.3 is 0 Å². The van der Waals surface area contributed by atoms with Gasteiger partial charge in [-0.2, -0.15) is 0 Å². The van der Waals surface area contributed by atoms with E-state index in [1.54, 1.807) is 0 Å². The smallest absolute Gasteiger partial charge is 0.252 e. The van der Waals surface area contributed by atoms with Crippen molar-refractivity contribution in [3.05, 3.63) is 71.8 Å². The normalized spacial score (nSPS) is 22.1. The lowest BCUT2D eigenvalue weighted by Crippen LogP contribution is -2.47. The predicted octanol–water partition coefficient (Wildman–Crippen LogP) is 2.54. The maximum atomic E-state index is 12.9. The molecule has 26 heavy (non-hydrogen) atoms. The maximum absolute atomic E-state index is 12.9. The molecule has 1 saturated carbocycles. The molecule has 2 aromatic rings. The Bertz CT molecular complexity index is 748. The molecule has 136 valence electrons. The summed E-state index contributed by atoms with van der Waals surface area (Å²) < 4.78 is 6.09. The van der Waals surface area contributed by atoms with E-state index >= 15 is 0 Å². The molecule has 0 radical (unpaired) electrons. The van der Waals surface area contributed by atoms with Gasteiger partial charge in [-0.15, -0.1) is 0 Å². The Labute approximate surface area is 153 Å². The molecule has 0 aromatic heterocycles. The van der Waals surface area contributed by atoms with E-state index in [1.165, 1.54) is 0 Å². The second-order valence-corrected chi connectivity index (χ2v) is 6.78. The van der Waals surface area contributed by atoms with Gasteiger partial charge < -0.3 is 15.8 Å². The van der Waals surface area contributed by atoms with Crippen LogP contribution in [-0.2, 0) is 27.5 Å². The van der Waals surface area contributed by atoms with E-state index in [0.29, 0.717) is 32.4 Å². The van der Waals surface area contributed by atoms with E-state index in [-0.39, 0.29) is 17.7 Å². The summed E-state index contributed by atoms with van der Waals surface area (Å²) in [5.41, 5.74) is 6.46. The number of nitrogens with two attached hydrogens (primary N) is 1. The van der Waals surface area contributed by atoms with Crippen molar-refractivity contribution in [1.29, 1.82) is 0 Å². The number of nitrogens with one attached hydrogen (secondary N) is 1. The number of hydrogen-bond acceptors (Lipinski definition) is 3. The molecule has 0 spiro atoms.